The molecule has 2 aromatic rings. The lowest BCUT2D eigenvalue weighted by Crippen LogP contribution is -2.12. The van der Waals surface area contributed by atoms with Gasteiger partial charge in [0.25, 0.3) is 10.0 Å². The van der Waals surface area contributed by atoms with Gasteiger partial charge in [-0.2, -0.15) is 5.26 Å². The molecule has 0 aliphatic rings. The smallest absolute Gasteiger partial charge is 0.261 e. The van der Waals surface area contributed by atoms with E-state index in [1.54, 1.807) is 30.3 Å². The molecular weight excluding hydrogens is 276 g/mol. The van der Waals surface area contributed by atoms with Crippen molar-refractivity contribution in [2.75, 3.05) is 11.8 Å². The molecule has 0 aliphatic heterocycles. The van der Waals surface area contributed by atoms with Gasteiger partial charge in [-0.15, -0.1) is 0 Å². The number of benzene rings is 2. The first-order chi connectivity index (χ1) is 9.55. The summed E-state index contributed by atoms with van der Waals surface area (Å²) in [4.78, 5) is 0.126. The van der Waals surface area contributed by atoms with Crippen molar-refractivity contribution in [1.29, 1.82) is 5.26 Å². The van der Waals surface area contributed by atoms with Crippen LogP contribution in [-0.2, 0) is 10.0 Å². The summed E-state index contributed by atoms with van der Waals surface area (Å²) >= 11 is 0. The third-order valence-electron chi connectivity index (χ3n) is 2.61. The second-order valence-electron chi connectivity index (χ2n) is 3.97. The first kappa shape index (κ1) is 13.9. The average Bonchev–Trinajstić information content (AvgIpc) is 2.47. The van der Waals surface area contributed by atoms with Crippen molar-refractivity contribution in [1.82, 2.24) is 0 Å². The summed E-state index contributed by atoms with van der Waals surface area (Å²) in [5, 5.41) is 8.79. The van der Waals surface area contributed by atoms with Crippen LogP contribution in [0.5, 0.6) is 5.75 Å². The summed E-state index contributed by atoms with van der Waals surface area (Å²) in [5.74, 6) is 0.579. The van der Waals surface area contributed by atoms with Crippen LogP contribution < -0.4 is 9.46 Å². The van der Waals surface area contributed by atoms with E-state index in [9.17, 15) is 8.42 Å². The molecule has 0 aliphatic carbocycles. The molecule has 6 heteroatoms. The zero-order valence-electron chi connectivity index (χ0n) is 10.7. The maximum absolute atomic E-state index is 12.2. The minimum atomic E-state index is -3.68. The Balaban J connectivity index is 2.28. The number of methoxy groups -OCH3 is 1. The maximum Gasteiger partial charge on any atom is 0.261 e. The van der Waals surface area contributed by atoms with Crippen LogP contribution in [0, 0.1) is 11.3 Å². The van der Waals surface area contributed by atoms with Gasteiger partial charge < -0.3 is 4.74 Å². The molecule has 0 unspecified atom stereocenters. The second kappa shape index (κ2) is 5.63. The van der Waals surface area contributed by atoms with Crippen LogP contribution in [-0.4, -0.2) is 15.5 Å². The predicted octanol–water partition coefficient (Wildman–Crippen LogP) is 2.37. The Bertz CT molecular complexity index is 747. The van der Waals surface area contributed by atoms with E-state index in [0.717, 1.165) is 0 Å². The molecule has 0 bridgehead atoms. The third-order valence-corrected chi connectivity index (χ3v) is 4.01. The first-order valence-electron chi connectivity index (χ1n) is 5.72. The van der Waals surface area contributed by atoms with Crippen LogP contribution in [0.1, 0.15) is 5.56 Å². The minimum Gasteiger partial charge on any atom is -0.497 e. The van der Waals surface area contributed by atoms with Crippen molar-refractivity contribution in [2.45, 2.75) is 4.90 Å². The van der Waals surface area contributed by atoms with E-state index in [4.69, 9.17) is 10.00 Å². The Kier molecular flexibility index (Phi) is 3.91. The van der Waals surface area contributed by atoms with Crippen molar-refractivity contribution < 1.29 is 13.2 Å². The largest absolute Gasteiger partial charge is 0.497 e. The second-order valence-corrected chi connectivity index (χ2v) is 5.66. The van der Waals surface area contributed by atoms with E-state index in [2.05, 4.69) is 4.72 Å². The van der Waals surface area contributed by atoms with Crippen molar-refractivity contribution in [3.63, 3.8) is 0 Å². The Morgan fingerprint density at radius 3 is 2.45 bits per heavy atom. The van der Waals surface area contributed by atoms with Crippen LogP contribution in [0.15, 0.2) is 53.4 Å². The zero-order chi connectivity index (χ0) is 14.6. The van der Waals surface area contributed by atoms with Crippen LogP contribution in [0.2, 0.25) is 0 Å². The summed E-state index contributed by atoms with van der Waals surface area (Å²) in [6.07, 6.45) is 0. The number of nitriles is 1. The normalized spacial score (nSPS) is 10.6. The van der Waals surface area contributed by atoms with Gasteiger partial charge in [0, 0.05) is 0 Å². The third kappa shape index (κ3) is 3.08. The number of rotatable bonds is 4. The summed E-state index contributed by atoms with van der Waals surface area (Å²) < 4.78 is 31.7. The van der Waals surface area contributed by atoms with Gasteiger partial charge >= 0.3 is 0 Å². The highest BCUT2D eigenvalue weighted by atomic mass is 32.2. The molecule has 102 valence electrons. The van der Waals surface area contributed by atoms with E-state index in [1.807, 2.05) is 6.07 Å². The van der Waals surface area contributed by atoms with Gasteiger partial charge in [-0.25, -0.2) is 8.42 Å². The van der Waals surface area contributed by atoms with Crippen LogP contribution in [0.4, 0.5) is 5.69 Å². The Morgan fingerprint density at radius 1 is 1.15 bits per heavy atom. The van der Waals surface area contributed by atoms with Crippen LogP contribution in [0.3, 0.4) is 0 Å². The summed E-state index contributed by atoms with van der Waals surface area (Å²) in [6, 6.07) is 14.3. The number of sulfonamides is 1. The molecule has 0 fully saturated rings. The summed E-state index contributed by atoms with van der Waals surface area (Å²) in [6.45, 7) is 0. The molecule has 0 heterocycles. The lowest BCUT2D eigenvalue weighted by atomic mass is 10.2. The number of hydrogen-bond donors (Lipinski definition) is 1. The molecule has 5 nitrogen and oxygen atoms in total. The van der Waals surface area contributed by atoms with Gasteiger partial charge in [0.2, 0.25) is 0 Å². The molecule has 2 aromatic carbocycles. The standard InChI is InChI=1S/C14H12N2O3S/c1-19-13-5-7-14(8-6-13)20(17,18)16-12-4-2-3-11(9-12)10-15/h2-9,16H,1H3. The lowest BCUT2D eigenvalue weighted by Gasteiger charge is -2.08. The highest BCUT2D eigenvalue weighted by molar-refractivity contribution is 7.92. The molecule has 0 saturated heterocycles. The number of nitrogens with zero attached hydrogens (tertiary/aromatic N) is 1. The van der Waals surface area contributed by atoms with Crippen molar-refractivity contribution in [2.24, 2.45) is 0 Å². The molecule has 20 heavy (non-hydrogen) atoms. The molecule has 2 rings (SSSR count). The van der Waals surface area contributed by atoms with Gasteiger partial charge in [-0.3, -0.25) is 4.72 Å². The van der Waals surface area contributed by atoms with E-state index in [-0.39, 0.29) is 4.90 Å². The molecule has 0 atom stereocenters. The fourth-order valence-corrected chi connectivity index (χ4v) is 2.67. The lowest BCUT2D eigenvalue weighted by molar-refractivity contribution is 0.414. The monoisotopic (exact) mass is 288 g/mol. The predicted molar refractivity (Wildman–Crippen MR) is 75.0 cm³/mol. The molecule has 1 N–H and O–H groups in total. The molecule has 0 spiro atoms. The van der Waals surface area contributed by atoms with E-state index in [0.29, 0.717) is 17.0 Å². The fourth-order valence-electron chi connectivity index (χ4n) is 1.62. The SMILES string of the molecule is COc1ccc(S(=O)(=O)Nc2cccc(C#N)c2)cc1. The zero-order valence-corrected chi connectivity index (χ0v) is 11.5. The van der Waals surface area contributed by atoms with Gasteiger partial charge in [0.15, 0.2) is 0 Å². The Labute approximate surface area is 117 Å². The van der Waals surface area contributed by atoms with Gasteiger partial charge in [0.1, 0.15) is 5.75 Å². The highest BCUT2D eigenvalue weighted by Crippen LogP contribution is 2.19. The average molecular weight is 288 g/mol. The number of anilines is 1. The topological polar surface area (TPSA) is 79.2 Å². The Morgan fingerprint density at radius 2 is 1.85 bits per heavy atom. The summed E-state index contributed by atoms with van der Waals surface area (Å²) in [7, 11) is -2.17. The first-order valence-corrected chi connectivity index (χ1v) is 7.20. The van der Waals surface area contributed by atoms with Gasteiger partial charge in [0.05, 0.1) is 29.3 Å². The maximum atomic E-state index is 12.2. The molecule has 0 amide bonds. The van der Waals surface area contributed by atoms with E-state index < -0.39 is 10.0 Å². The highest BCUT2D eigenvalue weighted by Gasteiger charge is 2.14. The summed E-state index contributed by atoms with van der Waals surface area (Å²) in [5.41, 5.74) is 0.736. The number of nitrogens with one attached hydrogen (secondary N) is 1. The quantitative estimate of drug-likeness (QED) is 0.936. The number of hydrogen-bond acceptors (Lipinski definition) is 4. The van der Waals surface area contributed by atoms with Crippen LogP contribution in [0.25, 0.3) is 0 Å². The van der Waals surface area contributed by atoms with Crippen molar-refractivity contribution in [3.8, 4) is 11.8 Å². The molecular formula is C14H12N2O3S. The fraction of sp³-hybridized carbons (Fsp3) is 0.0714. The van der Waals surface area contributed by atoms with E-state index >= 15 is 0 Å². The van der Waals surface area contributed by atoms with Crippen molar-refractivity contribution >= 4 is 15.7 Å². The van der Waals surface area contributed by atoms with E-state index in [1.165, 1.54) is 25.3 Å². The Hall–Kier alpha value is -2.52. The van der Waals surface area contributed by atoms with Gasteiger partial charge in [-0.05, 0) is 42.5 Å². The van der Waals surface area contributed by atoms with Gasteiger partial charge in [-0.1, -0.05) is 6.07 Å². The molecule has 0 radical (unpaired) electrons. The molecule has 0 aromatic heterocycles. The molecule has 0 saturated carbocycles. The van der Waals surface area contributed by atoms with Crippen molar-refractivity contribution in [3.05, 3.63) is 54.1 Å². The minimum absolute atomic E-state index is 0.126. The van der Waals surface area contributed by atoms with Crippen LogP contribution >= 0.6 is 0 Å². The number of ether oxygens (including phenoxy) is 1.